The molecule has 295 valence electrons. The van der Waals surface area contributed by atoms with Gasteiger partial charge < -0.3 is 9.52 Å². The number of carbonyl (C=O) groups is 1. The van der Waals surface area contributed by atoms with Crippen LogP contribution in [0, 0.1) is 29.7 Å². The van der Waals surface area contributed by atoms with E-state index in [1.807, 2.05) is 65.3 Å². The molecule has 0 aliphatic heterocycles. The van der Waals surface area contributed by atoms with E-state index in [-0.39, 0.29) is 47.9 Å². The molecular weight excluding hydrogens is 875 g/mol. The summed E-state index contributed by atoms with van der Waals surface area (Å²) in [5.41, 5.74) is 7.50. The Morgan fingerprint density at radius 1 is 0.891 bits per heavy atom. The van der Waals surface area contributed by atoms with Gasteiger partial charge in [-0.25, -0.2) is 0 Å². The predicted molar refractivity (Wildman–Crippen MR) is 232 cm³/mol. The van der Waals surface area contributed by atoms with E-state index >= 15 is 0 Å². The number of carbonyl (C=O) groups excluding carboxylic acids is 1. The molecule has 0 aliphatic rings. The molecule has 1 N–H and O–H groups in total. The number of hydrogen-bond donors (Lipinski definition) is 1. The number of allylic oxidation sites excluding steroid dienone is 2. The van der Waals surface area contributed by atoms with Gasteiger partial charge >= 0.3 is 0 Å². The van der Waals surface area contributed by atoms with Crippen molar-refractivity contribution in [2.75, 3.05) is 0 Å². The summed E-state index contributed by atoms with van der Waals surface area (Å²) in [6.07, 6.45) is 9.67. The SMILES string of the molecule is CCC(C)(CC)C(=O)/C=C(\O)C(C)(CC)CC.Cc1c(-c2coc3cc(CC(C)C)ccc23)sc2c(-c3[c-]c4ccccc4c(C(C)(C)C)c3)nccc12.[Ir]. The van der Waals surface area contributed by atoms with Gasteiger partial charge in [0.05, 0.1) is 0 Å². The number of fused-ring (bicyclic) bond motifs is 3. The molecule has 0 saturated carbocycles. The van der Waals surface area contributed by atoms with Gasteiger partial charge in [-0.15, -0.1) is 40.5 Å². The van der Waals surface area contributed by atoms with E-state index in [1.54, 1.807) is 0 Å². The molecule has 3 heterocycles. The van der Waals surface area contributed by atoms with Gasteiger partial charge in [-0.3, -0.25) is 9.78 Å². The molecule has 0 atom stereocenters. The molecule has 3 aromatic heterocycles. The van der Waals surface area contributed by atoms with E-state index in [1.165, 1.54) is 48.5 Å². The summed E-state index contributed by atoms with van der Waals surface area (Å²) in [6.45, 7) is 25.6. The van der Waals surface area contributed by atoms with Crippen LogP contribution in [0.15, 0.2) is 83.3 Å². The maximum atomic E-state index is 12.2. The first-order valence-corrected chi connectivity index (χ1v) is 20.6. The molecule has 0 saturated heterocycles. The number of aryl methyl sites for hydroxylation is 1. The molecule has 3 aromatic carbocycles. The van der Waals surface area contributed by atoms with E-state index in [9.17, 15) is 9.90 Å². The molecule has 0 unspecified atom stereocenters. The number of aliphatic hydroxyl groups is 1. The summed E-state index contributed by atoms with van der Waals surface area (Å²) in [7, 11) is 0. The second kappa shape index (κ2) is 17.7. The minimum absolute atomic E-state index is 0. The number of aromatic nitrogens is 1. The Labute approximate surface area is 347 Å². The minimum Gasteiger partial charge on any atom is -0.512 e. The Balaban J connectivity index is 0.000000320. The van der Waals surface area contributed by atoms with Gasteiger partial charge in [0.25, 0.3) is 0 Å². The Hall–Kier alpha value is -3.57. The number of pyridine rings is 1. The van der Waals surface area contributed by atoms with E-state index in [0.717, 1.165) is 59.9 Å². The van der Waals surface area contributed by atoms with Crippen LogP contribution in [0.1, 0.15) is 119 Å². The number of ketones is 1. The summed E-state index contributed by atoms with van der Waals surface area (Å²) in [5, 5.41) is 14.9. The van der Waals surface area contributed by atoms with E-state index in [2.05, 4.69) is 102 Å². The van der Waals surface area contributed by atoms with Gasteiger partial charge in [0.1, 0.15) is 17.6 Å². The fourth-order valence-corrected chi connectivity index (χ4v) is 8.43. The van der Waals surface area contributed by atoms with E-state index in [4.69, 9.17) is 9.40 Å². The predicted octanol–water partition coefficient (Wildman–Crippen LogP) is 14.8. The summed E-state index contributed by atoms with van der Waals surface area (Å²) < 4.78 is 7.28. The van der Waals surface area contributed by atoms with Gasteiger partial charge in [0.2, 0.25) is 0 Å². The zero-order valence-electron chi connectivity index (χ0n) is 35.0. The summed E-state index contributed by atoms with van der Waals surface area (Å²) in [4.78, 5) is 18.3. The van der Waals surface area contributed by atoms with Crippen LogP contribution >= 0.6 is 11.3 Å². The second-order valence-electron chi connectivity index (χ2n) is 17.0. The van der Waals surface area contributed by atoms with Crippen molar-refractivity contribution in [1.82, 2.24) is 4.98 Å². The number of furan rings is 1. The summed E-state index contributed by atoms with van der Waals surface area (Å²) in [6, 6.07) is 23.4. The summed E-state index contributed by atoms with van der Waals surface area (Å²) >= 11 is 1.81. The van der Waals surface area contributed by atoms with Gasteiger partial charge in [-0.05, 0) is 79.0 Å². The van der Waals surface area contributed by atoms with Crippen LogP contribution in [0.3, 0.4) is 0 Å². The smallest absolute Gasteiger partial charge is 0.164 e. The molecule has 4 nitrogen and oxygen atoms in total. The quantitative estimate of drug-likeness (QED) is 0.0799. The molecule has 0 fully saturated rings. The third-order valence-corrected chi connectivity index (χ3v) is 13.2. The minimum atomic E-state index is -0.337. The fourth-order valence-electron chi connectivity index (χ4n) is 7.11. The second-order valence-corrected chi connectivity index (χ2v) is 18.0. The van der Waals surface area contributed by atoms with E-state index < -0.39 is 0 Å². The van der Waals surface area contributed by atoms with Crippen LogP contribution in [-0.4, -0.2) is 15.9 Å². The molecule has 1 radical (unpaired) electrons. The Kier molecular flexibility index (Phi) is 14.2. The number of nitrogens with zero attached hydrogens (tertiary/aromatic N) is 1. The van der Waals surface area contributed by atoms with Crippen molar-refractivity contribution in [3.8, 4) is 21.7 Å². The summed E-state index contributed by atoms with van der Waals surface area (Å²) in [5.74, 6) is 0.905. The Bertz CT molecular complexity index is 2290. The Morgan fingerprint density at radius 3 is 2.16 bits per heavy atom. The average Bonchev–Trinajstić information content (AvgIpc) is 3.72. The maximum absolute atomic E-state index is 12.2. The first-order chi connectivity index (χ1) is 25.5. The maximum Gasteiger partial charge on any atom is 0.164 e. The number of hydrogen-bond acceptors (Lipinski definition) is 5. The third kappa shape index (κ3) is 9.19. The molecule has 0 spiro atoms. The molecule has 55 heavy (non-hydrogen) atoms. The van der Waals surface area contributed by atoms with E-state index in [0.29, 0.717) is 5.92 Å². The first-order valence-electron chi connectivity index (χ1n) is 19.8. The standard InChI is InChI=1S/C34H32NOS.C15H28O2.Ir/c1-20(2)15-22-11-12-27-28(19-36-30(27)16-22)32-21(3)25-13-14-35-31(33(25)37-32)24-17-23-9-7-8-10-26(23)29(18-24)34(4,5)6;1-7-14(5,8-2)12(16)11-13(17)15(6,9-3)10-4;/h7-14,16,18-20H,15H2,1-6H3;11,16H,7-10H2,1-6H3;/q-1;;/b;12-11-;. The largest absolute Gasteiger partial charge is 0.512 e. The topological polar surface area (TPSA) is 63.3 Å². The first kappa shape index (κ1) is 44.1. The molecular formula is C49H60IrNO3S-. The van der Waals surface area contributed by atoms with Crippen molar-refractivity contribution in [2.45, 2.75) is 121 Å². The Morgan fingerprint density at radius 2 is 1.55 bits per heavy atom. The number of thiophene rings is 1. The number of benzene rings is 3. The van der Waals surface area contributed by atoms with Crippen LogP contribution in [-0.2, 0) is 36.7 Å². The van der Waals surface area contributed by atoms with Gasteiger partial charge in [-0.1, -0.05) is 117 Å². The molecule has 0 amide bonds. The fraction of sp³-hybridized carbons (Fsp3) is 0.429. The van der Waals surface area contributed by atoms with Crippen molar-refractivity contribution < 1.29 is 34.4 Å². The normalized spacial score (nSPS) is 12.6. The monoisotopic (exact) mass is 935 g/mol. The zero-order valence-corrected chi connectivity index (χ0v) is 38.2. The van der Waals surface area contributed by atoms with Crippen LogP contribution in [0.2, 0.25) is 0 Å². The number of rotatable bonds is 11. The molecule has 0 bridgehead atoms. The third-order valence-electron chi connectivity index (χ3n) is 11.8. The average molecular weight is 935 g/mol. The number of aliphatic hydroxyl groups excluding tert-OH is 1. The van der Waals surface area contributed by atoms with Crippen molar-refractivity contribution >= 4 is 48.9 Å². The van der Waals surface area contributed by atoms with Crippen LogP contribution < -0.4 is 0 Å². The van der Waals surface area contributed by atoms with Crippen LogP contribution in [0.25, 0.3) is 53.5 Å². The van der Waals surface area contributed by atoms with Gasteiger partial charge in [-0.2, -0.15) is 0 Å². The van der Waals surface area contributed by atoms with Crippen molar-refractivity contribution in [2.24, 2.45) is 16.7 Å². The molecule has 6 aromatic rings. The van der Waals surface area contributed by atoms with Gasteiger partial charge in [0, 0.05) is 69.4 Å². The molecule has 0 aliphatic carbocycles. The van der Waals surface area contributed by atoms with Crippen LogP contribution in [0.4, 0.5) is 0 Å². The van der Waals surface area contributed by atoms with Crippen molar-refractivity contribution in [1.29, 1.82) is 0 Å². The van der Waals surface area contributed by atoms with Gasteiger partial charge in [0.15, 0.2) is 5.78 Å². The van der Waals surface area contributed by atoms with Crippen LogP contribution in [0.5, 0.6) is 0 Å². The molecule has 6 rings (SSSR count). The van der Waals surface area contributed by atoms with Crippen molar-refractivity contribution in [3.63, 3.8) is 0 Å². The zero-order chi connectivity index (χ0) is 39.6. The molecule has 6 heteroatoms. The van der Waals surface area contributed by atoms with Crippen molar-refractivity contribution in [3.05, 3.63) is 102 Å².